The van der Waals surface area contributed by atoms with E-state index < -0.39 is 0 Å². The van der Waals surface area contributed by atoms with Gasteiger partial charge < -0.3 is 9.80 Å². The minimum atomic E-state index is 0.289. The van der Waals surface area contributed by atoms with Crippen molar-refractivity contribution >= 4 is 0 Å². The summed E-state index contributed by atoms with van der Waals surface area (Å²) in [7, 11) is 4.68. The Kier molecular flexibility index (Phi) is 10.0. The van der Waals surface area contributed by atoms with Gasteiger partial charge in [-0.25, -0.2) is 0 Å². The number of likely N-dealkylation sites (N-methyl/N-ethyl adjacent to an activating group) is 1. The maximum atomic E-state index is 2.77. The van der Waals surface area contributed by atoms with E-state index >= 15 is 0 Å². The molecule has 2 aliphatic heterocycles. The van der Waals surface area contributed by atoms with Crippen LogP contribution in [0.2, 0.25) is 0 Å². The quantitative estimate of drug-likeness (QED) is 0.464. The Bertz CT molecular complexity index is 694. The van der Waals surface area contributed by atoms with Crippen LogP contribution in [0.3, 0.4) is 0 Å². The van der Waals surface area contributed by atoms with Crippen LogP contribution in [0, 0.1) is 5.92 Å². The van der Waals surface area contributed by atoms with E-state index in [1.165, 1.54) is 76.9 Å². The smallest absolute Gasteiger partial charge is 0.0165 e. The maximum absolute atomic E-state index is 2.77. The topological polar surface area (TPSA) is 13.0 Å². The summed E-state index contributed by atoms with van der Waals surface area (Å²) in [5.41, 5.74) is 2.07. The maximum Gasteiger partial charge on any atom is 0.0165 e. The van der Waals surface area contributed by atoms with Gasteiger partial charge >= 0.3 is 0 Å². The molecule has 1 aromatic carbocycles. The van der Waals surface area contributed by atoms with Crippen molar-refractivity contribution in [1.29, 1.82) is 0 Å². The molecule has 2 aliphatic rings. The molecular weight excluding hydrogens is 416 g/mol. The molecule has 0 radical (unpaired) electrons. The molecule has 4 heteroatoms. The fourth-order valence-electron chi connectivity index (χ4n) is 5.99. The molecule has 0 spiro atoms. The lowest BCUT2D eigenvalue weighted by Gasteiger charge is -2.45. The van der Waals surface area contributed by atoms with Gasteiger partial charge in [-0.3, -0.25) is 9.80 Å². The number of piperidine rings is 2. The highest BCUT2D eigenvalue weighted by atomic mass is 15.2. The lowest BCUT2D eigenvalue weighted by atomic mass is 9.91. The summed E-state index contributed by atoms with van der Waals surface area (Å²) in [6.07, 6.45) is 7.74. The number of hydrogen-bond donors (Lipinski definition) is 0. The third kappa shape index (κ3) is 8.33. The van der Waals surface area contributed by atoms with Crippen molar-refractivity contribution in [2.24, 2.45) is 5.92 Å². The Balaban J connectivity index is 1.34. The molecule has 0 unspecified atom stereocenters. The van der Waals surface area contributed by atoms with Crippen LogP contribution in [0.15, 0.2) is 30.3 Å². The third-order valence-corrected chi connectivity index (χ3v) is 8.78. The van der Waals surface area contributed by atoms with Gasteiger partial charge in [0.25, 0.3) is 0 Å². The first kappa shape index (κ1) is 27.6. The van der Waals surface area contributed by atoms with E-state index in [2.05, 4.69) is 98.6 Å². The molecule has 0 N–H and O–H groups in total. The summed E-state index contributed by atoms with van der Waals surface area (Å²) in [5, 5.41) is 0. The van der Waals surface area contributed by atoms with Crippen molar-refractivity contribution in [2.45, 2.75) is 90.3 Å². The summed E-state index contributed by atoms with van der Waals surface area (Å²) < 4.78 is 0. The summed E-state index contributed by atoms with van der Waals surface area (Å²) in [4.78, 5) is 10.7. The standard InChI is InChI=1S/C30H54N4/c1-29(2,3)33-20-14-27(15-21-33)25-31(6)24-18-30(4,5)34-22-16-28(17-23-34)32(7)19-13-26-11-9-8-10-12-26/h8-12,27-28H,13-25H2,1-7H3. The van der Waals surface area contributed by atoms with Gasteiger partial charge in [-0.15, -0.1) is 0 Å². The van der Waals surface area contributed by atoms with Crippen LogP contribution in [-0.2, 0) is 6.42 Å². The molecule has 0 amide bonds. The van der Waals surface area contributed by atoms with Gasteiger partial charge in [-0.2, -0.15) is 0 Å². The molecule has 2 heterocycles. The predicted molar refractivity (Wildman–Crippen MR) is 148 cm³/mol. The van der Waals surface area contributed by atoms with Crippen molar-refractivity contribution in [3.05, 3.63) is 35.9 Å². The van der Waals surface area contributed by atoms with E-state index in [1.807, 2.05) is 0 Å². The molecule has 0 saturated carbocycles. The minimum Gasteiger partial charge on any atom is -0.306 e. The highest BCUT2D eigenvalue weighted by Crippen LogP contribution is 2.27. The zero-order valence-electron chi connectivity index (χ0n) is 23.5. The SMILES string of the molecule is CN(CCC(C)(C)N1CCC(N(C)CCc2ccccc2)CC1)CC1CCN(C(C)(C)C)CC1. The Hall–Kier alpha value is -0.940. The van der Waals surface area contributed by atoms with E-state index in [-0.39, 0.29) is 5.54 Å². The van der Waals surface area contributed by atoms with Gasteiger partial charge in [0.1, 0.15) is 0 Å². The van der Waals surface area contributed by atoms with Crippen molar-refractivity contribution in [2.75, 3.05) is 59.9 Å². The van der Waals surface area contributed by atoms with Gasteiger partial charge in [0.2, 0.25) is 0 Å². The first-order valence-corrected chi connectivity index (χ1v) is 14.0. The van der Waals surface area contributed by atoms with Crippen LogP contribution in [0.1, 0.15) is 72.3 Å². The van der Waals surface area contributed by atoms with E-state index in [0.29, 0.717) is 5.54 Å². The van der Waals surface area contributed by atoms with Crippen LogP contribution in [0.5, 0.6) is 0 Å². The molecule has 0 atom stereocenters. The summed E-state index contributed by atoms with van der Waals surface area (Å²) in [6, 6.07) is 11.7. The normalized spacial score (nSPS) is 20.5. The van der Waals surface area contributed by atoms with Gasteiger partial charge in [0, 0.05) is 43.3 Å². The van der Waals surface area contributed by atoms with Crippen molar-refractivity contribution < 1.29 is 0 Å². The molecule has 0 bridgehead atoms. The minimum absolute atomic E-state index is 0.289. The lowest BCUT2D eigenvalue weighted by molar-refractivity contribution is 0.0424. The summed E-state index contributed by atoms with van der Waals surface area (Å²) >= 11 is 0. The number of nitrogens with zero attached hydrogens (tertiary/aromatic N) is 4. The molecule has 3 rings (SSSR count). The Morgan fingerprint density at radius 1 is 0.794 bits per heavy atom. The summed E-state index contributed by atoms with van der Waals surface area (Å²) in [6.45, 7) is 20.7. The molecule has 194 valence electrons. The van der Waals surface area contributed by atoms with Crippen LogP contribution in [0.25, 0.3) is 0 Å². The van der Waals surface area contributed by atoms with Crippen LogP contribution in [0.4, 0.5) is 0 Å². The molecular formula is C30H54N4. The van der Waals surface area contributed by atoms with E-state index in [4.69, 9.17) is 0 Å². The highest BCUT2D eigenvalue weighted by Gasteiger charge is 2.32. The van der Waals surface area contributed by atoms with Gasteiger partial charge in [0.05, 0.1) is 0 Å². The zero-order valence-corrected chi connectivity index (χ0v) is 23.5. The highest BCUT2D eigenvalue weighted by molar-refractivity contribution is 5.14. The predicted octanol–water partition coefficient (Wildman–Crippen LogP) is 5.24. The van der Waals surface area contributed by atoms with Crippen LogP contribution < -0.4 is 0 Å². The lowest BCUT2D eigenvalue weighted by Crippen LogP contribution is -2.52. The number of hydrogen-bond acceptors (Lipinski definition) is 4. The molecule has 0 aromatic heterocycles. The Morgan fingerprint density at radius 2 is 1.38 bits per heavy atom. The van der Waals surface area contributed by atoms with Crippen molar-refractivity contribution in [3.63, 3.8) is 0 Å². The van der Waals surface area contributed by atoms with Crippen molar-refractivity contribution in [3.8, 4) is 0 Å². The molecule has 1 aromatic rings. The van der Waals surface area contributed by atoms with Crippen LogP contribution >= 0.6 is 0 Å². The van der Waals surface area contributed by atoms with E-state index in [0.717, 1.165) is 24.9 Å². The molecule has 4 nitrogen and oxygen atoms in total. The molecule has 2 saturated heterocycles. The molecule has 0 aliphatic carbocycles. The van der Waals surface area contributed by atoms with E-state index in [9.17, 15) is 0 Å². The van der Waals surface area contributed by atoms with Gasteiger partial charge in [0.15, 0.2) is 0 Å². The molecule has 2 fully saturated rings. The van der Waals surface area contributed by atoms with Gasteiger partial charge in [-0.1, -0.05) is 30.3 Å². The fourth-order valence-corrected chi connectivity index (χ4v) is 5.99. The fraction of sp³-hybridized carbons (Fsp3) is 0.800. The second-order valence-corrected chi connectivity index (χ2v) is 12.9. The first-order chi connectivity index (χ1) is 16.0. The number of rotatable bonds is 10. The number of benzene rings is 1. The number of likely N-dealkylation sites (tertiary alicyclic amines) is 2. The Labute approximate surface area is 211 Å². The van der Waals surface area contributed by atoms with Gasteiger partial charge in [-0.05, 0) is 118 Å². The summed E-state index contributed by atoms with van der Waals surface area (Å²) in [5.74, 6) is 0.869. The average molecular weight is 471 g/mol. The monoisotopic (exact) mass is 470 g/mol. The first-order valence-electron chi connectivity index (χ1n) is 14.0. The zero-order chi connectivity index (χ0) is 24.8. The average Bonchev–Trinajstić information content (AvgIpc) is 2.82. The van der Waals surface area contributed by atoms with E-state index in [1.54, 1.807) is 0 Å². The van der Waals surface area contributed by atoms with Crippen molar-refractivity contribution in [1.82, 2.24) is 19.6 Å². The largest absolute Gasteiger partial charge is 0.306 e. The Morgan fingerprint density at radius 3 is 1.97 bits per heavy atom. The van der Waals surface area contributed by atoms with Crippen LogP contribution in [-0.4, -0.2) is 96.6 Å². The molecule has 34 heavy (non-hydrogen) atoms. The third-order valence-electron chi connectivity index (χ3n) is 8.78. The second-order valence-electron chi connectivity index (χ2n) is 12.9. The second kappa shape index (κ2) is 12.3.